The molecule has 2 amide bonds. The van der Waals surface area contributed by atoms with Crippen LogP contribution < -0.4 is 29.2 Å². The molecule has 40 heavy (non-hydrogen) atoms. The molecule has 0 fully saturated rings. The number of nitrogens with one attached hydrogen (secondary N) is 1. The quantitative estimate of drug-likeness (QED) is 0.532. The molecule has 0 aromatic heterocycles. The minimum atomic E-state index is -5.38. The Morgan fingerprint density at radius 1 is 0.900 bits per heavy atom. The number of rotatable bonds is 7. The van der Waals surface area contributed by atoms with Gasteiger partial charge in [0.1, 0.15) is 5.75 Å². The van der Waals surface area contributed by atoms with Crippen LogP contribution in [0.5, 0.6) is 23.0 Å². The normalized spacial score (nSPS) is 20.3. The topological polar surface area (TPSA) is 103 Å². The highest BCUT2D eigenvalue weighted by atomic mass is 19.4. The molecule has 2 aliphatic rings. The van der Waals surface area contributed by atoms with Gasteiger partial charge in [0.2, 0.25) is 11.3 Å². The predicted molar refractivity (Wildman–Crippen MR) is 138 cm³/mol. The van der Waals surface area contributed by atoms with Crippen LogP contribution >= 0.6 is 0 Å². The second-order valence-electron chi connectivity index (χ2n) is 10.2. The molecule has 12 heteroatoms. The standard InChI is InChI=1S/C28H29F3N2O7/c1-26(2)13-18-22(19(34)14-26)27(28(29,30)31,25(36)33(18)16-7-9-17(37-3)10-8-16)32-24(35)15-11-20(38-4)23(40-6)21(12-15)39-5/h7-12H,13-14H2,1-6H3,(H,32,35)/t27-/m1/s1. The van der Waals surface area contributed by atoms with Gasteiger partial charge in [-0.1, -0.05) is 13.8 Å². The predicted octanol–water partition coefficient (Wildman–Crippen LogP) is 4.44. The molecule has 9 nitrogen and oxygen atoms in total. The third-order valence-electron chi connectivity index (χ3n) is 7.01. The van der Waals surface area contributed by atoms with Crippen LogP contribution in [0, 0.1) is 5.41 Å². The Morgan fingerprint density at radius 2 is 1.48 bits per heavy atom. The number of hydrogen-bond acceptors (Lipinski definition) is 7. The maximum Gasteiger partial charge on any atom is 0.425 e. The summed E-state index contributed by atoms with van der Waals surface area (Å²) >= 11 is 0. The number of ether oxygens (including phenoxy) is 4. The van der Waals surface area contributed by atoms with Crippen LogP contribution in [0.4, 0.5) is 18.9 Å². The number of nitrogens with zero attached hydrogens (tertiary/aromatic N) is 1. The number of alkyl halides is 3. The molecule has 1 aliphatic heterocycles. The van der Waals surface area contributed by atoms with Crippen molar-refractivity contribution in [3.05, 3.63) is 53.2 Å². The number of carbonyl (C=O) groups is 3. The van der Waals surface area contributed by atoms with E-state index in [2.05, 4.69) is 0 Å². The average Bonchev–Trinajstić information content (AvgIpc) is 3.14. The Hall–Kier alpha value is -4.22. The van der Waals surface area contributed by atoms with Gasteiger partial charge in [-0.25, -0.2) is 0 Å². The van der Waals surface area contributed by atoms with Gasteiger partial charge in [0.15, 0.2) is 17.3 Å². The number of benzene rings is 2. The van der Waals surface area contributed by atoms with Crippen molar-refractivity contribution in [1.82, 2.24) is 5.32 Å². The lowest BCUT2D eigenvalue weighted by atomic mass is 9.72. The SMILES string of the molecule is COc1ccc(N2C(=O)[C@@](NC(=O)c3cc(OC)c(OC)c(OC)c3)(C(F)(F)F)C3=C2CC(C)(C)CC3=O)cc1. The molecular weight excluding hydrogens is 533 g/mol. The van der Waals surface area contributed by atoms with E-state index in [-0.39, 0.29) is 47.0 Å². The van der Waals surface area contributed by atoms with E-state index < -0.39 is 40.3 Å². The smallest absolute Gasteiger partial charge is 0.425 e. The summed E-state index contributed by atoms with van der Waals surface area (Å²) in [6.45, 7) is 3.46. The molecular formula is C28H29F3N2O7. The average molecular weight is 563 g/mol. The number of halogens is 3. The van der Waals surface area contributed by atoms with Crippen LogP contribution in [-0.4, -0.2) is 57.8 Å². The Morgan fingerprint density at radius 3 is 1.95 bits per heavy atom. The molecule has 1 N–H and O–H groups in total. The fourth-order valence-corrected chi connectivity index (χ4v) is 5.21. The first-order valence-corrected chi connectivity index (χ1v) is 12.2. The van der Waals surface area contributed by atoms with Gasteiger partial charge in [-0.05, 0) is 48.2 Å². The molecule has 1 atom stereocenters. The second kappa shape index (κ2) is 10.1. The summed E-state index contributed by atoms with van der Waals surface area (Å²) in [5.74, 6) is -3.10. The molecule has 0 saturated heterocycles. The lowest BCUT2D eigenvalue weighted by Gasteiger charge is -2.35. The summed E-state index contributed by atoms with van der Waals surface area (Å²) < 4.78 is 66.3. The van der Waals surface area contributed by atoms with Crippen molar-refractivity contribution < 1.29 is 46.5 Å². The zero-order valence-corrected chi connectivity index (χ0v) is 22.8. The molecule has 1 heterocycles. The lowest BCUT2D eigenvalue weighted by Crippen LogP contribution is -2.66. The Balaban J connectivity index is 1.92. The highest BCUT2D eigenvalue weighted by molar-refractivity contribution is 6.21. The lowest BCUT2D eigenvalue weighted by molar-refractivity contribution is -0.186. The molecule has 2 aromatic rings. The van der Waals surface area contributed by atoms with Crippen molar-refractivity contribution in [1.29, 1.82) is 0 Å². The largest absolute Gasteiger partial charge is 0.497 e. The van der Waals surface area contributed by atoms with Crippen molar-refractivity contribution >= 4 is 23.3 Å². The first-order chi connectivity index (χ1) is 18.7. The van der Waals surface area contributed by atoms with Gasteiger partial charge in [-0.15, -0.1) is 0 Å². The number of anilines is 1. The Bertz CT molecular complexity index is 1370. The molecule has 214 valence electrons. The highest BCUT2D eigenvalue weighted by Gasteiger charge is 2.72. The molecule has 0 radical (unpaired) electrons. The number of amides is 2. The van der Waals surface area contributed by atoms with Gasteiger partial charge in [0, 0.05) is 23.4 Å². The summed E-state index contributed by atoms with van der Waals surface area (Å²) in [5, 5.41) is 1.91. The zero-order valence-electron chi connectivity index (χ0n) is 22.8. The van der Waals surface area contributed by atoms with E-state index in [9.17, 15) is 14.4 Å². The van der Waals surface area contributed by atoms with Crippen molar-refractivity contribution in [3.63, 3.8) is 0 Å². The summed E-state index contributed by atoms with van der Waals surface area (Å²) in [6, 6.07) is 8.12. The first kappa shape index (κ1) is 28.8. The molecule has 0 spiro atoms. The van der Waals surface area contributed by atoms with E-state index in [1.54, 1.807) is 13.8 Å². The third kappa shape index (κ3) is 4.50. The maximum absolute atomic E-state index is 15.2. The van der Waals surface area contributed by atoms with Crippen molar-refractivity contribution in [2.45, 2.75) is 38.4 Å². The van der Waals surface area contributed by atoms with Crippen LogP contribution in [0.25, 0.3) is 0 Å². The summed E-state index contributed by atoms with van der Waals surface area (Å²) in [5.41, 5.74) is -5.48. The number of methoxy groups -OCH3 is 4. The van der Waals surface area contributed by atoms with Crippen LogP contribution in [0.3, 0.4) is 0 Å². The van der Waals surface area contributed by atoms with Gasteiger partial charge in [0.05, 0.1) is 34.0 Å². The number of carbonyl (C=O) groups excluding carboxylic acids is 3. The van der Waals surface area contributed by atoms with Crippen molar-refractivity contribution in [2.75, 3.05) is 33.3 Å². The van der Waals surface area contributed by atoms with E-state index >= 15 is 13.2 Å². The summed E-state index contributed by atoms with van der Waals surface area (Å²) in [4.78, 5) is 41.7. The minimum Gasteiger partial charge on any atom is -0.497 e. The Kier molecular flexibility index (Phi) is 7.24. The van der Waals surface area contributed by atoms with Crippen LogP contribution in [0.1, 0.15) is 37.0 Å². The van der Waals surface area contributed by atoms with E-state index in [0.29, 0.717) is 5.75 Å². The number of allylic oxidation sites excluding steroid dienone is 1. The van der Waals surface area contributed by atoms with E-state index in [1.807, 2.05) is 5.32 Å². The highest BCUT2D eigenvalue weighted by Crippen LogP contribution is 2.53. The van der Waals surface area contributed by atoms with E-state index in [4.69, 9.17) is 18.9 Å². The molecule has 2 aromatic carbocycles. The van der Waals surface area contributed by atoms with Gasteiger partial charge in [0.25, 0.3) is 11.8 Å². The number of hydrogen-bond donors (Lipinski definition) is 1. The summed E-state index contributed by atoms with van der Waals surface area (Å²) in [7, 11) is 5.31. The van der Waals surface area contributed by atoms with Gasteiger partial charge in [-0.2, -0.15) is 13.2 Å². The molecule has 4 rings (SSSR count). The van der Waals surface area contributed by atoms with Gasteiger partial charge < -0.3 is 24.3 Å². The molecule has 1 aliphatic carbocycles. The fourth-order valence-electron chi connectivity index (χ4n) is 5.21. The Labute approximate surface area is 228 Å². The van der Waals surface area contributed by atoms with Crippen LogP contribution in [0.15, 0.2) is 47.7 Å². The van der Waals surface area contributed by atoms with Crippen LogP contribution in [-0.2, 0) is 9.59 Å². The van der Waals surface area contributed by atoms with Crippen molar-refractivity contribution in [3.8, 4) is 23.0 Å². The fraction of sp³-hybridized carbons (Fsp3) is 0.393. The van der Waals surface area contributed by atoms with Crippen molar-refractivity contribution in [2.24, 2.45) is 5.41 Å². The number of ketones is 1. The van der Waals surface area contributed by atoms with E-state index in [1.165, 1.54) is 52.7 Å². The zero-order chi connectivity index (χ0) is 29.6. The maximum atomic E-state index is 15.2. The summed E-state index contributed by atoms with van der Waals surface area (Å²) in [6.07, 6.45) is -5.63. The molecule has 0 bridgehead atoms. The molecule has 0 saturated carbocycles. The van der Waals surface area contributed by atoms with E-state index in [0.717, 1.165) is 17.0 Å². The van der Waals surface area contributed by atoms with Gasteiger partial charge in [-0.3, -0.25) is 19.3 Å². The minimum absolute atomic E-state index is 0.0102. The monoisotopic (exact) mass is 562 g/mol. The van der Waals surface area contributed by atoms with Gasteiger partial charge >= 0.3 is 6.18 Å². The number of Topliss-reactive ketones (excluding diaryl/α,β-unsaturated/α-hetero) is 1. The third-order valence-corrected chi connectivity index (χ3v) is 7.01. The second-order valence-corrected chi connectivity index (χ2v) is 10.2. The van der Waals surface area contributed by atoms with Crippen LogP contribution in [0.2, 0.25) is 0 Å². The molecule has 0 unspecified atom stereocenters. The first-order valence-electron chi connectivity index (χ1n) is 12.2.